The van der Waals surface area contributed by atoms with E-state index in [-0.39, 0.29) is 11.8 Å². The number of carbonyl (C=O) groups excluding carboxylic acids is 1. The zero-order valence-corrected chi connectivity index (χ0v) is 11.3. The Kier molecular flexibility index (Phi) is 3.70. The second kappa shape index (κ2) is 5.07. The fraction of sp³-hybridized carbons (Fsp3) is 0.333. The van der Waals surface area contributed by atoms with Gasteiger partial charge in [0, 0.05) is 23.3 Å². The van der Waals surface area contributed by atoms with Gasteiger partial charge in [0.05, 0.1) is 17.3 Å². The first-order chi connectivity index (χ1) is 8.15. The van der Waals surface area contributed by atoms with Gasteiger partial charge < -0.3 is 4.90 Å². The molecule has 0 aliphatic carbocycles. The van der Waals surface area contributed by atoms with E-state index in [2.05, 4.69) is 22.0 Å². The molecular formula is C12H10BrClN2O. The molecule has 1 aromatic carbocycles. The van der Waals surface area contributed by atoms with Gasteiger partial charge in [0.25, 0.3) is 0 Å². The minimum Gasteiger partial charge on any atom is -0.311 e. The van der Waals surface area contributed by atoms with Crippen molar-refractivity contribution in [2.45, 2.75) is 6.42 Å². The maximum atomic E-state index is 11.8. The number of nitrogens with zero attached hydrogens (tertiary/aromatic N) is 2. The van der Waals surface area contributed by atoms with Crippen molar-refractivity contribution >= 4 is 39.1 Å². The third-order valence-corrected chi connectivity index (χ3v) is 3.86. The topological polar surface area (TPSA) is 44.1 Å². The molecule has 0 saturated carbocycles. The fourth-order valence-corrected chi connectivity index (χ4v) is 2.71. The highest BCUT2D eigenvalue weighted by atomic mass is 79.9. The molecule has 1 amide bonds. The van der Waals surface area contributed by atoms with Crippen molar-refractivity contribution in [3.63, 3.8) is 0 Å². The van der Waals surface area contributed by atoms with E-state index in [1.165, 1.54) is 0 Å². The molecule has 1 heterocycles. The number of amides is 1. The first-order valence-corrected chi connectivity index (χ1v) is 6.54. The predicted octanol–water partition coefficient (Wildman–Crippen LogP) is 2.91. The molecule has 1 fully saturated rings. The highest BCUT2D eigenvalue weighted by Gasteiger charge is 2.30. The zero-order valence-electron chi connectivity index (χ0n) is 8.99. The Hall–Kier alpha value is -1.05. The first-order valence-electron chi connectivity index (χ1n) is 5.21. The van der Waals surface area contributed by atoms with Crippen molar-refractivity contribution in [3.05, 3.63) is 28.2 Å². The Morgan fingerprint density at radius 2 is 2.35 bits per heavy atom. The molecule has 1 aliphatic rings. The van der Waals surface area contributed by atoms with Gasteiger partial charge in [0.1, 0.15) is 0 Å². The van der Waals surface area contributed by atoms with Crippen LogP contribution in [0, 0.1) is 17.2 Å². The van der Waals surface area contributed by atoms with Crippen molar-refractivity contribution < 1.29 is 4.79 Å². The molecule has 3 nitrogen and oxygen atoms in total. The summed E-state index contributed by atoms with van der Waals surface area (Å²) in [6.45, 7) is 0.646. The molecule has 0 N–H and O–H groups in total. The van der Waals surface area contributed by atoms with Gasteiger partial charge >= 0.3 is 0 Å². The van der Waals surface area contributed by atoms with E-state index < -0.39 is 0 Å². The van der Waals surface area contributed by atoms with E-state index in [1.807, 2.05) is 0 Å². The summed E-state index contributed by atoms with van der Waals surface area (Å²) in [7, 11) is 0. The van der Waals surface area contributed by atoms with Crippen LogP contribution in [0.25, 0.3) is 0 Å². The Morgan fingerprint density at radius 3 is 2.88 bits per heavy atom. The average molecular weight is 314 g/mol. The maximum Gasteiger partial charge on any atom is 0.227 e. The van der Waals surface area contributed by atoms with Crippen molar-refractivity contribution in [1.82, 2.24) is 0 Å². The monoisotopic (exact) mass is 312 g/mol. The minimum atomic E-state index is 0.0843. The smallest absolute Gasteiger partial charge is 0.227 e. The number of halogens is 2. The summed E-state index contributed by atoms with van der Waals surface area (Å²) >= 11 is 9.17. The summed E-state index contributed by atoms with van der Waals surface area (Å²) < 4.78 is 0.764. The number of hydrogen-bond acceptors (Lipinski definition) is 2. The van der Waals surface area contributed by atoms with Gasteiger partial charge in [-0.2, -0.15) is 5.26 Å². The average Bonchev–Trinajstić information content (AvgIpc) is 2.70. The number of anilines is 1. The Labute approximate surface area is 113 Å². The van der Waals surface area contributed by atoms with Gasteiger partial charge in [0.2, 0.25) is 5.91 Å². The van der Waals surface area contributed by atoms with Crippen LogP contribution in [0.4, 0.5) is 5.69 Å². The largest absolute Gasteiger partial charge is 0.311 e. The number of rotatable bonds is 2. The molecule has 1 atom stereocenters. The van der Waals surface area contributed by atoms with Crippen molar-refractivity contribution in [2.75, 3.05) is 17.3 Å². The van der Waals surface area contributed by atoms with E-state index in [0.29, 0.717) is 24.4 Å². The molecule has 2 rings (SSSR count). The van der Waals surface area contributed by atoms with Crippen LogP contribution >= 0.6 is 27.5 Å². The maximum absolute atomic E-state index is 11.8. The molecule has 1 unspecified atom stereocenters. The van der Waals surface area contributed by atoms with Crippen LogP contribution in [0.15, 0.2) is 22.7 Å². The van der Waals surface area contributed by atoms with E-state index in [9.17, 15) is 4.79 Å². The van der Waals surface area contributed by atoms with Crippen molar-refractivity contribution in [2.24, 2.45) is 5.92 Å². The number of carbonyl (C=O) groups is 1. The van der Waals surface area contributed by atoms with Crippen molar-refractivity contribution in [1.29, 1.82) is 5.26 Å². The number of alkyl halides is 1. The van der Waals surface area contributed by atoms with Crippen LogP contribution in [-0.4, -0.2) is 18.3 Å². The molecule has 1 saturated heterocycles. The van der Waals surface area contributed by atoms with Crippen LogP contribution in [0.3, 0.4) is 0 Å². The minimum absolute atomic E-state index is 0.0843. The summed E-state index contributed by atoms with van der Waals surface area (Å²) in [6, 6.07) is 7.28. The van der Waals surface area contributed by atoms with Crippen LogP contribution in [0.1, 0.15) is 12.0 Å². The van der Waals surface area contributed by atoms with Crippen LogP contribution in [0.5, 0.6) is 0 Å². The van der Waals surface area contributed by atoms with Gasteiger partial charge in [-0.1, -0.05) is 0 Å². The van der Waals surface area contributed by atoms with Crippen LogP contribution in [0.2, 0.25) is 0 Å². The molecule has 0 spiro atoms. The molecule has 0 aromatic heterocycles. The van der Waals surface area contributed by atoms with Gasteiger partial charge in [0.15, 0.2) is 0 Å². The molecule has 17 heavy (non-hydrogen) atoms. The second-order valence-electron chi connectivity index (χ2n) is 4.01. The number of benzene rings is 1. The number of nitriles is 1. The lowest BCUT2D eigenvalue weighted by atomic mass is 10.1. The molecule has 1 aliphatic heterocycles. The Balaban J connectivity index is 2.29. The predicted molar refractivity (Wildman–Crippen MR) is 70.0 cm³/mol. The van der Waals surface area contributed by atoms with Gasteiger partial charge in [-0.3, -0.25) is 4.79 Å². The van der Waals surface area contributed by atoms with Gasteiger partial charge in [-0.05, 0) is 40.0 Å². The molecule has 5 heteroatoms. The zero-order chi connectivity index (χ0) is 12.4. The van der Waals surface area contributed by atoms with E-state index in [4.69, 9.17) is 16.9 Å². The van der Waals surface area contributed by atoms with E-state index >= 15 is 0 Å². The lowest BCUT2D eigenvalue weighted by Crippen LogP contribution is -2.25. The van der Waals surface area contributed by atoms with Crippen LogP contribution in [-0.2, 0) is 4.79 Å². The normalized spacial score (nSPS) is 19.5. The quantitative estimate of drug-likeness (QED) is 0.788. The number of hydrogen-bond donors (Lipinski definition) is 0. The van der Waals surface area contributed by atoms with E-state index in [1.54, 1.807) is 23.1 Å². The molecular weight excluding hydrogens is 304 g/mol. The third kappa shape index (κ3) is 2.46. The molecule has 1 aromatic rings. The summed E-state index contributed by atoms with van der Waals surface area (Å²) in [5.41, 5.74) is 1.38. The fourth-order valence-electron chi connectivity index (χ4n) is 1.91. The summed E-state index contributed by atoms with van der Waals surface area (Å²) in [6.07, 6.45) is 0.496. The molecule has 0 radical (unpaired) electrons. The highest BCUT2D eigenvalue weighted by molar-refractivity contribution is 9.10. The van der Waals surface area contributed by atoms with Crippen LogP contribution < -0.4 is 4.90 Å². The SMILES string of the molecule is N#Cc1ccc(N2CC(CCl)CC2=O)c(Br)c1. The standard InChI is InChI=1S/C12H10BrClN2O/c13-10-3-8(6-15)1-2-11(10)16-7-9(5-14)4-12(16)17/h1-3,9H,4-5,7H2. The lowest BCUT2D eigenvalue weighted by Gasteiger charge is -2.18. The highest BCUT2D eigenvalue weighted by Crippen LogP contribution is 2.32. The lowest BCUT2D eigenvalue weighted by molar-refractivity contribution is -0.117. The molecule has 88 valence electrons. The third-order valence-electron chi connectivity index (χ3n) is 2.79. The Morgan fingerprint density at radius 1 is 1.59 bits per heavy atom. The first kappa shape index (κ1) is 12.4. The molecule has 0 bridgehead atoms. The van der Waals surface area contributed by atoms with E-state index in [0.717, 1.165) is 10.2 Å². The summed E-state index contributed by atoms with van der Waals surface area (Å²) in [4.78, 5) is 13.6. The summed E-state index contributed by atoms with van der Waals surface area (Å²) in [5, 5.41) is 8.78. The van der Waals surface area contributed by atoms with Gasteiger partial charge in [-0.25, -0.2) is 0 Å². The van der Waals surface area contributed by atoms with Gasteiger partial charge in [-0.15, -0.1) is 11.6 Å². The summed E-state index contributed by atoms with van der Waals surface area (Å²) in [5.74, 6) is 0.795. The second-order valence-corrected chi connectivity index (χ2v) is 5.17. The van der Waals surface area contributed by atoms with Crippen molar-refractivity contribution in [3.8, 4) is 6.07 Å². The Bertz CT molecular complexity index is 498.